The lowest BCUT2D eigenvalue weighted by atomic mass is 9.97. The molecule has 0 fully saturated rings. The third-order valence-corrected chi connectivity index (χ3v) is 5.78. The molecule has 168 valence electrons. The number of aliphatic hydroxyl groups is 2. The average molecular weight is 433 g/mol. The SMILES string of the molecule is O=C(CCc1ccccc1)Cc1cccc(CCCCC(O)c2ccc(O)c(CO)c2)c1. The first-order chi connectivity index (χ1) is 15.5. The Labute approximate surface area is 190 Å². The maximum Gasteiger partial charge on any atom is 0.137 e. The Hall–Kier alpha value is -2.95. The standard InChI is InChI=1S/C28H32O4/c29-20-25-19-24(14-16-28(25)32)27(31)12-5-4-9-22-10-6-11-23(17-22)18-26(30)15-13-21-7-2-1-3-8-21/h1-3,6-8,10-11,14,16-17,19,27,29,31-32H,4-5,9,12-13,15,18,20H2. The van der Waals surface area contributed by atoms with Gasteiger partial charge in [-0.05, 0) is 60.1 Å². The maximum atomic E-state index is 12.4. The zero-order valence-corrected chi connectivity index (χ0v) is 18.4. The second kappa shape index (κ2) is 12.2. The first kappa shape index (κ1) is 23.7. The van der Waals surface area contributed by atoms with Crippen LogP contribution in [-0.4, -0.2) is 21.1 Å². The van der Waals surface area contributed by atoms with Gasteiger partial charge in [0.1, 0.15) is 11.5 Å². The Kier molecular flexibility index (Phi) is 9.02. The van der Waals surface area contributed by atoms with Crippen LogP contribution in [-0.2, 0) is 30.7 Å². The van der Waals surface area contributed by atoms with Crippen LogP contribution in [0.25, 0.3) is 0 Å². The van der Waals surface area contributed by atoms with Crippen molar-refractivity contribution >= 4 is 5.78 Å². The van der Waals surface area contributed by atoms with Crippen molar-refractivity contribution in [3.8, 4) is 5.75 Å². The van der Waals surface area contributed by atoms with Crippen molar-refractivity contribution in [2.45, 2.75) is 57.7 Å². The van der Waals surface area contributed by atoms with Gasteiger partial charge < -0.3 is 15.3 Å². The van der Waals surface area contributed by atoms with E-state index in [9.17, 15) is 20.1 Å². The lowest BCUT2D eigenvalue weighted by Gasteiger charge is -2.13. The molecule has 4 heteroatoms. The second-order valence-electron chi connectivity index (χ2n) is 8.33. The highest BCUT2D eigenvalue weighted by Crippen LogP contribution is 2.25. The van der Waals surface area contributed by atoms with Gasteiger partial charge >= 0.3 is 0 Å². The summed E-state index contributed by atoms with van der Waals surface area (Å²) in [5, 5.41) is 29.3. The topological polar surface area (TPSA) is 77.8 Å². The molecule has 3 aromatic rings. The zero-order valence-electron chi connectivity index (χ0n) is 18.4. The van der Waals surface area contributed by atoms with E-state index in [1.165, 1.54) is 17.2 Å². The normalized spacial score (nSPS) is 11.9. The third-order valence-electron chi connectivity index (χ3n) is 5.78. The predicted octanol–water partition coefficient (Wildman–Crippen LogP) is 5.08. The van der Waals surface area contributed by atoms with Crippen LogP contribution in [0.2, 0.25) is 0 Å². The van der Waals surface area contributed by atoms with Gasteiger partial charge in [-0.25, -0.2) is 0 Å². The van der Waals surface area contributed by atoms with E-state index < -0.39 is 6.10 Å². The smallest absolute Gasteiger partial charge is 0.137 e. The molecule has 0 aliphatic heterocycles. The van der Waals surface area contributed by atoms with E-state index in [2.05, 4.69) is 24.3 Å². The van der Waals surface area contributed by atoms with Crippen LogP contribution < -0.4 is 0 Å². The number of aryl methyl sites for hydroxylation is 2. The number of rotatable bonds is 12. The molecule has 0 radical (unpaired) electrons. The van der Waals surface area contributed by atoms with E-state index in [-0.39, 0.29) is 18.1 Å². The van der Waals surface area contributed by atoms with Crippen molar-refractivity contribution in [1.82, 2.24) is 0 Å². The highest BCUT2D eigenvalue weighted by molar-refractivity contribution is 5.81. The summed E-state index contributed by atoms with van der Waals surface area (Å²) in [6.07, 6.45) is 4.50. The van der Waals surface area contributed by atoms with Crippen LogP contribution >= 0.6 is 0 Å². The molecule has 1 unspecified atom stereocenters. The Morgan fingerprint density at radius 1 is 0.812 bits per heavy atom. The largest absolute Gasteiger partial charge is 0.508 e. The summed E-state index contributed by atoms with van der Waals surface area (Å²) in [5.41, 5.74) is 4.59. The first-order valence-electron chi connectivity index (χ1n) is 11.3. The molecule has 4 nitrogen and oxygen atoms in total. The molecule has 0 aliphatic rings. The molecule has 0 saturated heterocycles. The molecule has 0 aliphatic carbocycles. The fourth-order valence-corrected chi connectivity index (χ4v) is 3.91. The second-order valence-corrected chi connectivity index (χ2v) is 8.33. The number of aliphatic hydroxyl groups excluding tert-OH is 2. The van der Waals surface area contributed by atoms with Crippen LogP contribution in [0.1, 0.15) is 59.6 Å². The van der Waals surface area contributed by atoms with Crippen LogP contribution in [0.4, 0.5) is 0 Å². The molecule has 0 heterocycles. The minimum atomic E-state index is -0.616. The van der Waals surface area contributed by atoms with Gasteiger partial charge in [0, 0.05) is 18.4 Å². The number of hydrogen-bond donors (Lipinski definition) is 3. The predicted molar refractivity (Wildman–Crippen MR) is 126 cm³/mol. The van der Waals surface area contributed by atoms with Crippen molar-refractivity contribution in [2.75, 3.05) is 0 Å². The summed E-state index contributed by atoms with van der Waals surface area (Å²) in [7, 11) is 0. The molecular formula is C28H32O4. The number of Topliss-reactive ketones (excluding diaryl/α,β-unsaturated/α-hetero) is 1. The highest BCUT2D eigenvalue weighted by Gasteiger charge is 2.10. The van der Waals surface area contributed by atoms with Crippen molar-refractivity contribution < 1.29 is 20.1 Å². The summed E-state index contributed by atoms with van der Waals surface area (Å²) in [6.45, 7) is -0.252. The van der Waals surface area contributed by atoms with Gasteiger partial charge in [-0.1, -0.05) is 67.1 Å². The van der Waals surface area contributed by atoms with E-state index in [0.29, 0.717) is 30.4 Å². The van der Waals surface area contributed by atoms with E-state index in [0.717, 1.165) is 31.2 Å². The van der Waals surface area contributed by atoms with E-state index >= 15 is 0 Å². The number of aromatic hydroxyl groups is 1. The maximum absolute atomic E-state index is 12.4. The molecule has 1 atom stereocenters. The van der Waals surface area contributed by atoms with Crippen LogP contribution in [0.15, 0.2) is 72.8 Å². The molecule has 0 saturated carbocycles. The summed E-state index contributed by atoms with van der Waals surface area (Å²) in [4.78, 5) is 12.4. The highest BCUT2D eigenvalue weighted by atomic mass is 16.3. The van der Waals surface area contributed by atoms with Crippen molar-refractivity contribution in [2.24, 2.45) is 0 Å². The minimum absolute atomic E-state index is 0.0434. The number of carbonyl (C=O) groups excluding carboxylic acids is 1. The van der Waals surface area contributed by atoms with Crippen molar-refractivity contribution in [1.29, 1.82) is 0 Å². The van der Waals surface area contributed by atoms with Crippen LogP contribution in [0.3, 0.4) is 0 Å². The first-order valence-corrected chi connectivity index (χ1v) is 11.3. The molecule has 3 aromatic carbocycles. The molecule has 32 heavy (non-hydrogen) atoms. The number of carbonyl (C=O) groups is 1. The molecule has 3 rings (SSSR count). The van der Waals surface area contributed by atoms with Gasteiger partial charge in [0.05, 0.1) is 12.7 Å². The summed E-state index contributed by atoms with van der Waals surface area (Å²) < 4.78 is 0. The third kappa shape index (κ3) is 7.33. The van der Waals surface area contributed by atoms with Gasteiger partial charge in [-0.15, -0.1) is 0 Å². The summed E-state index contributed by atoms with van der Waals surface area (Å²) in [5.74, 6) is 0.298. The van der Waals surface area contributed by atoms with E-state index in [4.69, 9.17) is 0 Å². The zero-order chi connectivity index (χ0) is 22.8. The number of ketones is 1. The molecule has 0 bridgehead atoms. The van der Waals surface area contributed by atoms with Crippen molar-refractivity contribution in [3.05, 3.63) is 101 Å². The number of phenols is 1. The van der Waals surface area contributed by atoms with Gasteiger partial charge in [0.2, 0.25) is 0 Å². The quantitative estimate of drug-likeness (QED) is 0.349. The Morgan fingerprint density at radius 3 is 2.34 bits per heavy atom. The molecule has 0 amide bonds. The van der Waals surface area contributed by atoms with Gasteiger partial charge in [0.25, 0.3) is 0 Å². The van der Waals surface area contributed by atoms with E-state index in [1.54, 1.807) is 12.1 Å². The minimum Gasteiger partial charge on any atom is -0.508 e. The van der Waals surface area contributed by atoms with Gasteiger partial charge in [-0.2, -0.15) is 0 Å². The van der Waals surface area contributed by atoms with E-state index in [1.807, 2.05) is 30.3 Å². The fraction of sp³-hybridized carbons (Fsp3) is 0.321. The van der Waals surface area contributed by atoms with Crippen molar-refractivity contribution in [3.63, 3.8) is 0 Å². The lowest BCUT2D eigenvalue weighted by molar-refractivity contribution is -0.118. The summed E-state index contributed by atoms with van der Waals surface area (Å²) in [6, 6.07) is 23.2. The van der Waals surface area contributed by atoms with Gasteiger partial charge in [0.15, 0.2) is 0 Å². The number of hydrogen-bond acceptors (Lipinski definition) is 4. The Balaban J connectivity index is 1.42. The lowest BCUT2D eigenvalue weighted by Crippen LogP contribution is -2.05. The number of benzene rings is 3. The monoisotopic (exact) mass is 432 g/mol. The molecular weight excluding hydrogens is 400 g/mol. The number of unbranched alkanes of at least 4 members (excludes halogenated alkanes) is 1. The van der Waals surface area contributed by atoms with Crippen LogP contribution in [0.5, 0.6) is 5.75 Å². The fourth-order valence-electron chi connectivity index (χ4n) is 3.91. The summed E-state index contributed by atoms with van der Waals surface area (Å²) >= 11 is 0. The molecule has 0 spiro atoms. The molecule has 0 aromatic heterocycles. The molecule has 3 N–H and O–H groups in total. The van der Waals surface area contributed by atoms with Crippen LogP contribution in [0, 0.1) is 0 Å². The Bertz CT molecular complexity index is 997. The average Bonchev–Trinajstić information content (AvgIpc) is 2.81. The Morgan fingerprint density at radius 2 is 1.56 bits per heavy atom. The van der Waals surface area contributed by atoms with Gasteiger partial charge in [-0.3, -0.25) is 4.79 Å².